The average molecular weight is 215 g/mol. The number of ether oxygens (including phenoxy) is 1. The third-order valence-corrected chi connectivity index (χ3v) is 2.10. The Labute approximate surface area is 84.7 Å². The van der Waals surface area contributed by atoms with Crippen LogP contribution in [0.5, 0.6) is 0 Å². The van der Waals surface area contributed by atoms with Crippen LogP contribution < -0.4 is 0 Å². The number of esters is 1. The zero-order valence-corrected chi connectivity index (χ0v) is 7.89. The van der Waals surface area contributed by atoms with Gasteiger partial charge in [0.05, 0.1) is 5.56 Å². The van der Waals surface area contributed by atoms with Crippen molar-refractivity contribution in [3.63, 3.8) is 0 Å². The molecule has 0 bridgehead atoms. The van der Waals surface area contributed by atoms with E-state index in [4.69, 9.17) is 27.9 Å². The molecule has 0 saturated carbocycles. The largest absolute Gasteiger partial charge is 0.420 e. The SMILES string of the molecule is O=C1OC(=C(Cl)Cl)c2ccccc21. The Morgan fingerprint density at radius 2 is 1.77 bits per heavy atom. The van der Waals surface area contributed by atoms with Crippen molar-refractivity contribution >= 4 is 34.9 Å². The Hall–Kier alpha value is -0.990. The quantitative estimate of drug-likeness (QED) is 0.622. The van der Waals surface area contributed by atoms with Gasteiger partial charge in [-0.25, -0.2) is 4.79 Å². The Balaban J connectivity index is 2.67. The average Bonchev–Trinajstić information content (AvgIpc) is 2.45. The van der Waals surface area contributed by atoms with Crippen molar-refractivity contribution in [2.75, 3.05) is 0 Å². The van der Waals surface area contributed by atoms with Gasteiger partial charge in [0.25, 0.3) is 0 Å². The van der Waals surface area contributed by atoms with E-state index >= 15 is 0 Å². The lowest BCUT2D eigenvalue weighted by Gasteiger charge is -1.95. The van der Waals surface area contributed by atoms with Crippen LogP contribution in [0.1, 0.15) is 15.9 Å². The normalized spacial score (nSPS) is 14.0. The minimum Gasteiger partial charge on any atom is -0.420 e. The van der Waals surface area contributed by atoms with Crippen LogP contribution in [0.25, 0.3) is 5.76 Å². The third-order valence-electron chi connectivity index (χ3n) is 1.76. The number of carbonyl (C=O) groups excluding carboxylic acids is 1. The summed E-state index contributed by atoms with van der Waals surface area (Å²) in [5.41, 5.74) is 1.14. The number of cyclic esters (lactones) is 1. The van der Waals surface area contributed by atoms with E-state index in [-0.39, 0.29) is 10.3 Å². The smallest absolute Gasteiger partial charge is 0.344 e. The lowest BCUT2D eigenvalue weighted by Crippen LogP contribution is -1.92. The molecule has 0 atom stereocenters. The summed E-state index contributed by atoms with van der Waals surface area (Å²) in [6.07, 6.45) is 0. The molecule has 2 nitrogen and oxygen atoms in total. The molecule has 0 unspecified atom stereocenters. The molecule has 66 valence electrons. The van der Waals surface area contributed by atoms with Crippen LogP contribution >= 0.6 is 23.2 Å². The van der Waals surface area contributed by atoms with E-state index in [2.05, 4.69) is 0 Å². The summed E-state index contributed by atoms with van der Waals surface area (Å²) in [5, 5.41) is 0. The topological polar surface area (TPSA) is 26.3 Å². The van der Waals surface area contributed by atoms with Crippen LogP contribution in [-0.4, -0.2) is 5.97 Å². The van der Waals surface area contributed by atoms with Gasteiger partial charge < -0.3 is 4.74 Å². The third kappa shape index (κ3) is 1.32. The van der Waals surface area contributed by atoms with Crippen molar-refractivity contribution in [1.82, 2.24) is 0 Å². The first-order valence-corrected chi connectivity index (χ1v) is 4.32. The Morgan fingerprint density at radius 3 is 2.38 bits per heavy atom. The van der Waals surface area contributed by atoms with Gasteiger partial charge in [0.1, 0.15) is 4.49 Å². The van der Waals surface area contributed by atoms with Gasteiger partial charge in [0.2, 0.25) is 0 Å². The monoisotopic (exact) mass is 214 g/mol. The first-order chi connectivity index (χ1) is 6.20. The molecular formula is C9H4Cl2O2. The van der Waals surface area contributed by atoms with E-state index < -0.39 is 5.97 Å². The van der Waals surface area contributed by atoms with Crippen LogP contribution in [0.2, 0.25) is 0 Å². The Bertz CT molecular complexity index is 406. The van der Waals surface area contributed by atoms with E-state index in [9.17, 15) is 4.79 Å². The molecule has 0 fully saturated rings. The second kappa shape index (κ2) is 3.05. The van der Waals surface area contributed by atoms with E-state index in [1.165, 1.54) is 0 Å². The maximum absolute atomic E-state index is 11.2. The summed E-state index contributed by atoms with van der Waals surface area (Å²) in [6, 6.07) is 6.95. The highest BCUT2D eigenvalue weighted by atomic mass is 35.5. The van der Waals surface area contributed by atoms with Crippen LogP contribution in [0.3, 0.4) is 0 Å². The minimum absolute atomic E-state index is 0.0294. The summed E-state index contributed by atoms with van der Waals surface area (Å²) >= 11 is 11.1. The molecule has 2 rings (SSSR count). The van der Waals surface area contributed by atoms with E-state index in [1.807, 2.05) is 0 Å². The maximum atomic E-state index is 11.2. The molecule has 1 heterocycles. The highest BCUT2D eigenvalue weighted by Crippen LogP contribution is 2.34. The summed E-state index contributed by atoms with van der Waals surface area (Å²) in [7, 11) is 0. The predicted octanol–water partition coefficient (Wildman–Crippen LogP) is 2.96. The molecule has 0 radical (unpaired) electrons. The van der Waals surface area contributed by atoms with Crippen LogP contribution in [0, 0.1) is 0 Å². The van der Waals surface area contributed by atoms with Crippen LogP contribution in [0.15, 0.2) is 28.8 Å². The first kappa shape index (κ1) is 8.60. The van der Waals surface area contributed by atoms with Crippen LogP contribution in [0.4, 0.5) is 0 Å². The molecule has 1 aliphatic rings. The van der Waals surface area contributed by atoms with Gasteiger partial charge in [0.15, 0.2) is 5.76 Å². The van der Waals surface area contributed by atoms with Gasteiger partial charge in [-0.05, 0) is 6.07 Å². The fraction of sp³-hybridized carbons (Fsp3) is 0. The van der Waals surface area contributed by atoms with Crippen molar-refractivity contribution in [2.24, 2.45) is 0 Å². The Kier molecular flexibility index (Phi) is 2.02. The molecule has 1 aliphatic heterocycles. The Morgan fingerprint density at radius 1 is 1.15 bits per heavy atom. The van der Waals surface area contributed by atoms with Crippen molar-refractivity contribution in [2.45, 2.75) is 0 Å². The molecular weight excluding hydrogens is 211 g/mol. The van der Waals surface area contributed by atoms with E-state index in [1.54, 1.807) is 24.3 Å². The summed E-state index contributed by atoms with van der Waals surface area (Å²) in [6.45, 7) is 0. The molecule has 0 spiro atoms. The first-order valence-electron chi connectivity index (χ1n) is 3.57. The van der Waals surface area contributed by atoms with E-state index in [0.717, 1.165) is 0 Å². The number of hydrogen-bond acceptors (Lipinski definition) is 2. The number of fused-ring (bicyclic) bond motifs is 1. The highest BCUT2D eigenvalue weighted by Gasteiger charge is 2.27. The number of halogens is 2. The minimum atomic E-state index is -0.413. The van der Waals surface area contributed by atoms with Gasteiger partial charge in [-0.3, -0.25) is 0 Å². The molecule has 0 aromatic heterocycles. The molecule has 1 aromatic carbocycles. The molecule has 0 N–H and O–H groups in total. The number of hydrogen-bond donors (Lipinski definition) is 0. The van der Waals surface area contributed by atoms with E-state index in [0.29, 0.717) is 11.1 Å². The van der Waals surface area contributed by atoms with Crippen molar-refractivity contribution < 1.29 is 9.53 Å². The number of benzene rings is 1. The zero-order chi connectivity index (χ0) is 9.42. The number of rotatable bonds is 0. The molecule has 1 aromatic rings. The van der Waals surface area contributed by atoms with Gasteiger partial charge in [0, 0.05) is 5.56 Å². The molecule has 4 heteroatoms. The summed E-state index contributed by atoms with van der Waals surface area (Å²) in [5.74, 6) is -0.173. The van der Waals surface area contributed by atoms with Gasteiger partial charge in [-0.15, -0.1) is 0 Å². The molecule has 0 amide bonds. The highest BCUT2D eigenvalue weighted by molar-refractivity contribution is 6.58. The number of carbonyl (C=O) groups is 1. The van der Waals surface area contributed by atoms with Crippen LogP contribution in [-0.2, 0) is 4.74 Å². The van der Waals surface area contributed by atoms with Gasteiger partial charge in [-0.1, -0.05) is 41.4 Å². The second-order valence-electron chi connectivity index (χ2n) is 2.52. The standard InChI is InChI=1S/C9H4Cl2O2/c10-8(11)7-5-3-1-2-4-6(5)9(12)13-7/h1-4H. The molecule has 0 aliphatic carbocycles. The van der Waals surface area contributed by atoms with Crippen molar-refractivity contribution in [3.05, 3.63) is 39.9 Å². The summed E-state index contributed by atoms with van der Waals surface area (Å²) in [4.78, 5) is 11.2. The maximum Gasteiger partial charge on any atom is 0.344 e. The van der Waals surface area contributed by atoms with Crippen molar-refractivity contribution in [1.29, 1.82) is 0 Å². The summed E-state index contributed by atoms with van der Waals surface area (Å²) < 4.78 is 4.84. The lowest BCUT2D eigenvalue weighted by atomic mass is 10.1. The lowest BCUT2D eigenvalue weighted by molar-refractivity contribution is 0.0715. The molecule has 13 heavy (non-hydrogen) atoms. The van der Waals surface area contributed by atoms with Gasteiger partial charge in [-0.2, -0.15) is 0 Å². The fourth-order valence-electron chi connectivity index (χ4n) is 1.20. The second-order valence-corrected chi connectivity index (χ2v) is 3.47. The zero-order valence-electron chi connectivity index (χ0n) is 6.38. The fourth-order valence-corrected chi connectivity index (χ4v) is 1.48. The van der Waals surface area contributed by atoms with Crippen molar-refractivity contribution in [3.8, 4) is 0 Å². The molecule has 0 saturated heterocycles. The predicted molar refractivity (Wildman–Crippen MR) is 50.5 cm³/mol. The van der Waals surface area contributed by atoms with Gasteiger partial charge >= 0.3 is 5.97 Å².